The van der Waals surface area contributed by atoms with Crippen molar-refractivity contribution < 1.29 is 4.79 Å². The zero-order chi connectivity index (χ0) is 15.7. The number of carbonyl (C=O) groups is 1. The van der Waals surface area contributed by atoms with E-state index >= 15 is 0 Å². The van der Waals surface area contributed by atoms with Crippen LogP contribution in [0.3, 0.4) is 0 Å². The van der Waals surface area contributed by atoms with E-state index in [0.717, 1.165) is 38.9 Å². The first-order valence-corrected chi connectivity index (χ1v) is 7.96. The van der Waals surface area contributed by atoms with Crippen LogP contribution in [0.2, 0.25) is 0 Å². The zero-order valence-corrected chi connectivity index (χ0v) is 14.0. The number of carbonyl (C=O) groups excluding carboxylic acids is 1. The molecule has 0 saturated carbocycles. The van der Waals surface area contributed by atoms with Crippen LogP contribution in [0.5, 0.6) is 0 Å². The standard InChI is InChI=1S/C18H30N2O/c1-5-7-9-16(8-6-2)10-15-20(4)18(21)17-11-13-19(3)14-12-17/h5-9,17H,10-15H2,1-4H3/b7-5+,8-6-,16-9+. The largest absolute Gasteiger partial charge is 0.345 e. The first-order valence-electron chi connectivity index (χ1n) is 7.96. The summed E-state index contributed by atoms with van der Waals surface area (Å²) >= 11 is 0. The van der Waals surface area contributed by atoms with Gasteiger partial charge in [-0.15, -0.1) is 0 Å². The second-order valence-corrected chi connectivity index (χ2v) is 5.85. The van der Waals surface area contributed by atoms with Crippen molar-refractivity contribution in [2.45, 2.75) is 33.1 Å². The van der Waals surface area contributed by atoms with Crippen LogP contribution >= 0.6 is 0 Å². The fourth-order valence-electron chi connectivity index (χ4n) is 2.63. The van der Waals surface area contributed by atoms with E-state index in [1.165, 1.54) is 5.57 Å². The summed E-state index contributed by atoms with van der Waals surface area (Å²) in [6.45, 7) is 6.90. The molecule has 3 heteroatoms. The Morgan fingerprint density at radius 3 is 2.48 bits per heavy atom. The molecule has 1 aliphatic rings. The number of rotatable bonds is 6. The van der Waals surface area contributed by atoms with Gasteiger partial charge in [-0.25, -0.2) is 0 Å². The molecule has 0 aliphatic carbocycles. The summed E-state index contributed by atoms with van der Waals surface area (Å²) in [7, 11) is 4.06. The first kappa shape index (κ1) is 17.7. The Hall–Kier alpha value is -1.35. The van der Waals surface area contributed by atoms with Gasteiger partial charge in [0.05, 0.1) is 0 Å². The van der Waals surface area contributed by atoms with Crippen molar-refractivity contribution in [2.24, 2.45) is 5.92 Å². The molecule has 0 bridgehead atoms. The minimum Gasteiger partial charge on any atom is -0.345 e. The molecule has 1 fully saturated rings. The number of allylic oxidation sites excluding steroid dienone is 5. The Bertz CT molecular complexity index is 401. The van der Waals surface area contributed by atoms with Gasteiger partial charge in [-0.1, -0.05) is 30.4 Å². The van der Waals surface area contributed by atoms with Crippen LogP contribution in [0.4, 0.5) is 0 Å². The molecule has 0 radical (unpaired) electrons. The Balaban J connectivity index is 2.48. The molecule has 1 saturated heterocycles. The number of likely N-dealkylation sites (tertiary alicyclic amines) is 1. The highest BCUT2D eigenvalue weighted by Crippen LogP contribution is 2.18. The van der Waals surface area contributed by atoms with Crippen molar-refractivity contribution in [2.75, 3.05) is 33.7 Å². The lowest BCUT2D eigenvalue weighted by molar-refractivity contribution is -0.135. The van der Waals surface area contributed by atoms with Crippen LogP contribution in [0.15, 0.2) is 36.0 Å². The molecular weight excluding hydrogens is 260 g/mol. The normalized spacial score (nSPS) is 18.8. The van der Waals surface area contributed by atoms with Crippen LogP contribution in [0, 0.1) is 5.92 Å². The average molecular weight is 290 g/mol. The van der Waals surface area contributed by atoms with Crippen molar-refractivity contribution in [3.05, 3.63) is 36.0 Å². The predicted octanol–water partition coefficient (Wildman–Crippen LogP) is 3.26. The summed E-state index contributed by atoms with van der Waals surface area (Å²) in [5.41, 5.74) is 1.26. The van der Waals surface area contributed by atoms with Gasteiger partial charge in [-0.3, -0.25) is 4.79 Å². The van der Waals surface area contributed by atoms with Gasteiger partial charge in [-0.2, -0.15) is 0 Å². The molecule has 1 aliphatic heterocycles. The van der Waals surface area contributed by atoms with E-state index in [1.54, 1.807) is 0 Å². The molecule has 1 rings (SSSR count). The third-order valence-electron chi connectivity index (χ3n) is 4.06. The molecule has 0 N–H and O–H groups in total. The molecule has 0 unspecified atom stereocenters. The summed E-state index contributed by atoms with van der Waals surface area (Å²) in [5.74, 6) is 0.532. The highest BCUT2D eigenvalue weighted by Gasteiger charge is 2.25. The van der Waals surface area contributed by atoms with Crippen molar-refractivity contribution in [1.82, 2.24) is 9.80 Å². The number of piperidine rings is 1. The van der Waals surface area contributed by atoms with Gasteiger partial charge in [0, 0.05) is 19.5 Å². The number of amides is 1. The summed E-state index contributed by atoms with van der Waals surface area (Å²) < 4.78 is 0. The van der Waals surface area contributed by atoms with Crippen LogP contribution in [0.1, 0.15) is 33.1 Å². The van der Waals surface area contributed by atoms with Crippen LogP contribution in [-0.4, -0.2) is 49.4 Å². The molecule has 1 amide bonds. The lowest BCUT2D eigenvalue weighted by Crippen LogP contribution is -2.40. The second kappa shape index (κ2) is 9.56. The quantitative estimate of drug-likeness (QED) is 0.701. The van der Waals surface area contributed by atoms with Gasteiger partial charge >= 0.3 is 0 Å². The smallest absolute Gasteiger partial charge is 0.225 e. The SMILES string of the molecule is C\C=C/C(=C\C=C\C)CCN(C)C(=O)C1CCN(C)CC1. The Kier molecular flexibility index (Phi) is 8.06. The molecule has 0 aromatic rings. The third-order valence-corrected chi connectivity index (χ3v) is 4.06. The fraction of sp³-hybridized carbons (Fsp3) is 0.611. The van der Waals surface area contributed by atoms with E-state index in [1.807, 2.05) is 44.0 Å². The molecule has 118 valence electrons. The molecule has 21 heavy (non-hydrogen) atoms. The predicted molar refractivity (Wildman–Crippen MR) is 90.2 cm³/mol. The van der Waals surface area contributed by atoms with E-state index in [-0.39, 0.29) is 5.92 Å². The van der Waals surface area contributed by atoms with Crippen LogP contribution in [-0.2, 0) is 4.79 Å². The van der Waals surface area contributed by atoms with Gasteiger partial charge in [0.1, 0.15) is 0 Å². The third kappa shape index (κ3) is 6.30. The van der Waals surface area contributed by atoms with E-state index in [0.29, 0.717) is 5.91 Å². The van der Waals surface area contributed by atoms with E-state index in [4.69, 9.17) is 0 Å². The van der Waals surface area contributed by atoms with E-state index < -0.39 is 0 Å². The lowest BCUT2D eigenvalue weighted by atomic mass is 9.95. The molecule has 0 aromatic heterocycles. The Labute approximate surface area is 130 Å². The second-order valence-electron chi connectivity index (χ2n) is 5.85. The number of nitrogens with zero attached hydrogens (tertiary/aromatic N) is 2. The van der Waals surface area contributed by atoms with Gasteiger partial charge in [0.15, 0.2) is 0 Å². The monoisotopic (exact) mass is 290 g/mol. The maximum Gasteiger partial charge on any atom is 0.225 e. The molecule has 0 atom stereocenters. The van der Waals surface area contributed by atoms with Gasteiger partial charge in [-0.05, 0) is 58.8 Å². The van der Waals surface area contributed by atoms with E-state index in [2.05, 4.69) is 24.1 Å². The number of hydrogen-bond acceptors (Lipinski definition) is 2. The highest BCUT2D eigenvalue weighted by atomic mass is 16.2. The lowest BCUT2D eigenvalue weighted by Gasteiger charge is -2.31. The molecule has 1 heterocycles. The summed E-state index contributed by atoms with van der Waals surface area (Å²) in [6, 6.07) is 0. The summed E-state index contributed by atoms with van der Waals surface area (Å²) in [5, 5.41) is 0. The van der Waals surface area contributed by atoms with Crippen molar-refractivity contribution >= 4 is 5.91 Å². The molecular formula is C18H30N2O. The van der Waals surface area contributed by atoms with Gasteiger partial charge in [0.2, 0.25) is 5.91 Å². The minimum absolute atomic E-state index is 0.218. The fourth-order valence-corrected chi connectivity index (χ4v) is 2.63. The van der Waals surface area contributed by atoms with Crippen molar-refractivity contribution in [1.29, 1.82) is 0 Å². The average Bonchev–Trinajstić information content (AvgIpc) is 2.49. The Morgan fingerprint density at radius 1 is 1.24 bits per heavy atom. The van der Waals surface area contributed by atoms with Crippen LogP contribution < -0.4 is 0 Å². The Morgan fingerprint density at radius 2 is 1.90 bits per heavy atom. The summed E-state index contributed by atoms with van der Waals surface area (Å²) in [4.78, 5) is 16.7. The molecule has 0 aromatic carbocycles. The van der Waals surface area contributed by atoms with Crippen molar-refractivity contribution in [3.63, 3.8) is 0 Å². The zero-order valence-electron chi connectivity index (χ0n) is 14.0. The first-order chi connectivity index (χ1) is 10.1. The topological polar surface area (TPSA) is 23.6 Å². The number of hydrogen-bond donors (Lipinski definition) is 0. The maximum absolute atomic E-state index is 12.4. The molecule has 0 spiro atoms. The minimum atomic E-state index is 0.218. The van der Waals surface area contributed by atoms with E-state index in [9.17, 15) is 4.79 Å². The van der Waals surface area contributed by atoms with Gasteiger partial charge < -0.3 is 9.80 Å². The summed E-state index contributed by atoms with van der Waals surface area (Å²) in [6.07, 6.45) is 13.3. The van der Waals surface area contributed by atoms with Crippen molar-refractivity contribution in [3.8, 4) is 0 Å². The van der Waals surface area contributed by atoms with Crippen LogP contribution in [0.25, 0.3) is 0 Å². The maximum atomic E-state index is 12.4. The van der Waals surface area contributed by atoms with Gasteiger partial charge in [0.25, 0.3) is 0 Å². The molecule has 3 nitrogen and oxygen atoms in total. The highest BCUT2D eigenvalue weighted by molar-refractivity contribution is 5.78.